The van der Waals surface area contributed by atoms with Gasteiger partial charge in [-0.2, -0.15) is 0 Å². The summed E-state index contributed by atoms with van der Waals surface area (Å²) in [7, 11) is 0. The van der Waals surface area contributed by atoms with Gasteiger partial charge >= 0.3 is 5.97 Å². The predicted molar refractivity (Wildman–Crippen MR) is 84.2 cm³/mol. The quantitative estimate of drug-likeness (QED) is 0.429. The fourth-order valence-corrected chi connectivity index (χ4v) is 2.28. The standard InChI is InChI=1S/C13H15IN2O5/c1-3-7(2)11(13(18)19)15-12(17)9-6-8(16(20)21)4-5-10(9)14/h4-7,11H,3H2,1-2H3,(H,15,17)(H,18,19)/t7-,11-/m0/s1. The third-order valence-corrected chi connectivity index (χ3v) is 4.11. The van der Waals surface area contributed by atoms with Gasteiger partial charge in [0.25, 0.3) is 11.6 Å². The number of non-ortho nitro benzene ring substituents is 1. The Balaban J connectivity index is 3.05. The number of nitrogens with zero attached hydrogens (tertiary/aromatic N) is 1. The molecule has 0 aliphatic heterocycles. The van der Waals surface area contributed by atoms with Crippen LogP contribution in [-0.4, -0.2) is 27.9 Å². The van der Waals surface area contributed by atoms with Crippen molar-refractivity contribution in [1.29, 1.82) is 0 Å². The van der Waals surface area contributed by atoms with Gasteiger partial charge in [-0.05, 0) is 34.6 Å². The van der Waals surface area contributed by atoms with E-state index in [4.69, 9.17) is 5.11 Å². The van der Waals surface area contributed by atoms with Crippen LogP contribution in [0.2, 0.25) is 0 Å². The summed E-state index contributed by atoms with van der Waals surface area (Å²) in [6.07, 6.45) is 0.587. The topological polar surface area (TPSA) is 110 Å². The van der Waals surface area contributed by atoms with Crippen molar-refractivity contribution in [3.8, 4) is 0 Å². The third-order valence-electron chi connectivity index (χ3n) is 3.17. The zero-order chi connectivity index (χ0) is 16.2. The molecule has 2 atom stereocenters. The summed E-state index contributed by atoms with van der Waals surface area (Å²) >= 11 is 1.88. The lowest BCUT2D eigenvalue weighted by Crippen LogP contribution is -2.45. The number of benzene rings is 1. The summed E-state index contributed by atoms with van der Waals surface area (Å²) in [6.45, 7) is 3.54. The number of halogens is 1. The van der Waals surface area contributed by atoms with E-state index < -0.39 is 22.8 Å². The molecule has 0 radical (unpaired) electrons. The van der Waals surface area contributed by atoms with Crippen LogP contribution < -0.4 is 5.32 Å². The summed E-state index contributed by atoms with van der Waals surface area (Å²) in [5, 5.41) is 22.3. The molecule has 0 unspecified atom stereocenters. The van der Waals surface area contributed by atoms with Crippen molar-refractivity contribution in [2.45, 2.75) is 26.3 Å². The summed E-state index contributed by atoms with van der Waals surface area (Å²) in [5.74, 6) is -2.00. The molecule has 21 heavy (non-hydrogen) atoms. The number of hydrogen-bond donors (Lipinski definition) is 2. The minimum atomic E-state index is -1.13. The number of carboxylic acids is 1. The number of nitro benzene ring substituents is 1. The van der Waals surface area contributed by atoms with Crippen LogP contribution in [0.1, 0.15) is 30.6 Å². The fourth-order valence-electron chi connectivity index (χ4n) is 1.70. The van der Waals surface area contributed by atoms with Crippen molar-refractivity contribution < 1.29 is 19.6 Å². The number of rotatable bonds is 6. The monoisotopic (exact) mass is 406 g/mol. The molecule has 114 valence electrons. The first-order valence-electron chi connectivity index (χ1n) is 6.25. The highest BCUT2D eigenvalue weighted by Gasteiger charge is 2.27. The summed E-state index contributed by atoms with van der Waals surface area (Å²) in [5.41, 5.74) is -0.115. The number of nitro groups is 1. The lowest BCUT2D eigenvalue weighted by Gasteiger charge is -2.20. The first-order valence-corrected chi connectivity index (χ1v) is 7.33. The first-order chi connectivity index (χ1) is 9.77. The highest BCUT2D eigenvalue weighted by molar-refractivity contribution is 14.1. The number of nitrogens with one attached hydrogen (secondary N) is 1. The molecule has 8 heteroatoms. The normalized spacial score (nSPS) is 13.3. The van der Waals surface area contributed by atoms with Crippen molar-refractivity contribution in [1.82, 2.24) is 5.32 Å². The van der Waals surface area contributed by atoms with Gasteiger partial charge in [-0.15, -0.1) is 0 Å². The van der Waals surface area contributed by atoms with E-state index in [1.165, 1.54) is 12.1 Å². The van der Waals surface area contributed by atoms with Gasteiger partial charge in [0, 0.05) is 15.7 Å². The summed E-state index contributed by atoms with van der Waals surface area (Å²) in [4.78, 5) is 33.5. The van der Waals surface area contributed by atoms with Crippen LogP contribution in [0.4, 0.5) is 5.69 Å². The maximum absolute atomic E-state index is 12.2. The SMILES string of the molecule is CC[C@H](C)[C@H](NC(=O)c1cc([N+](=O)[O-])ccc1I)C(=O)O. The number of carbonyl (C=O) groups is 2. The predicted octanol–water partition coefficient (Wildman–Crippen LogP) is 2.43. The molecule has 0 aromatic heterocycles. The Morgan fingerprint density at radius 2 is 2.10 bits per heavy atom. The smallest absolute Gasteiger partial charge is 0.326 e. The highest BCUT2D eigenvalue weighted by atomic mass is 127. The molecule has 0 aliphatic rings. The second kappa shape index (κ2) is 7.34. The summed E-state index contributed by atoms with van der Waals surface area (Å²) < 4.78 is 0.518. The summed E-state index contributed by atoms with van der Waals surface area (Å²) in [6, 6.07) is 2.86. The number of hydrogen-bond acceptors (Lipinski definition) is 4. The van der Waals surface area contributed by atoms with Crippen LogP contribution in [0.5, 0.6) is 0 Å². The average Bonchev–Trinajstić information content (AvgIpc) is 2.43. The largest absolute Gasteiger partial charge is 0.480 e. The molecule has 2 N–H and O–H groups in total. The lowest BCUT2D eigenvalue weighted by atomic mass is 9.99. The molecule has 7 nitrogen and oxygen atoms in total. The number of carboxylic acid groups (broad SMARTS) is 1. The van der Waals surface area contributed by atoms with Gasteiger partial charge in [-0.25, -0.2) is 4.79 Å². The average molecular weight is 406 g/mol. The van der Waals surface area contributed by atoms with Crippen LogP contribution >= 0.6 is 22.6 Å². The molecular weight excluding hydrogens is 391 g/mol. The Hall–Kier alpha value is -1.71. The minimum Gasteiger partial charge on any atom is -0.480 e. The Kier molecular flexibility index (Phi) is 6.06. The maximum atomic E-state index is 12.2. The van der Waals surface area contributed by atoms with E-state index in [9.17, 15) is 19.7 Å². The van der Waals surface area contributed by atoms with E-state index in [0.717, 1.165) is 6.07 Å². The maximum Gasteiger partial charge on any atom is 0.326 e. The third kappa shape index (κ3) is 4.38. The molecule has 0 bridgehead atoms. The molecule has 1 amide bonds. The van der Waals surface area contributed by atoms with Gasteiger partial charge in [0.1, 0.15) is 6.04 Å². The molecule has 1 rings (SSSR count). The second-order valence-corrected chi connectivity index (χ2v) is 5.76. The fraction of sp³-hybridized carbons (Fsp3) is 0.385. The van der Waals surface area contributed by atoms with E-state index in [0.29, 0.717) is 9.99 Å². The second-order valence-electron chi connectivity index (χ2n) is 4.60. The Morgan fingerprint density at radius 1 is 1.48 bits per heavy atom. The van der Waals surface area contributed by atoms with Crippen LogP contribution in [0.25, 0.3) is 0 Å². The van der Waals surface area contributed by atoms with Crippen molar-refractivity contribution in [2.24, 2.45) is 5.92 Å². The lowest BCUT2D eigenvalue weighted by molar-refractivity contribution is -0.384. The van der Waals surface area contributed by atoms with Crippen molar-refractivity contribution in [2.75, 3.05) is 0 Å². The van der Waals surface area contributed by atoms with Gasteiger partial charge in [0.15, 0.2) is 0 Å². The van der Waals surface area contributed by atoms with Crippen LogP contribution in [0.15, 0.2) is 18.2 Å². The van der Waals surface area contributed by atoms with E-state index in [1.54, 1.807) is 6.92 Å². The first kappa shape index (κ1) is 17.3. The van der Waals surface area contributed by atoms with E-state index in [1.807, 2.05) is 29.5 Å². The molecule has 1 aromatic rings. The Bertz CT molecular complexity index is 576. The number of amides is 1. The Labute approximate surface area is 135 Å². The van der Waals surface area contributed by atoms with Gasteiger partial charge in [-0.3, -0.25) is 14.9 Å². The number of carbonyl (C=O) groups excluding carboxylic acids is 1. The van der Waals surface area contributed by atoms with Gasteiger partial charge in [-0.1, -0.05) is 20.3 Å². The highest BCUT2D eigenvalue weighted by Crippen LogP contribution is 2.20. The van der Waals surface area contributed by atoms with Gasteiger partial charge in [0.2, 0.25) is 0 Å². The van der Waals surface area contributed by atoms with E-state index in [2.05, 4.69) is 5.32 Å². The molecule has 0 aliphatic carbocycles. The van der Waals surface area contributed by atoms with Gasteiger partial charge < -0.3 is 10.4 Å². The van der Waals surface area contributed by atoms with Crippen molar-refractivity contribution in [3.63, 3.8) is 0 Å². The van der Waals surface area contributed by atoms with Crippen LogP contribution in [-0.2, 0) is 4.79 Å². The van der Waals surface area contributed by atoms with Crippen molar-refractivity contribution in [3.05, 3.63) is 37.4 Å². The van der Waals surface area contributed by atoms with Gasteiger partial charge in [0.05, 0.1) is 10.5 Å². The van der Waals surface area contributed by atoms with E-state index in [-0.39, 0.29) is 17.2 Å². The molecule has 1 aromatic carbocycles. The molecule has 0 saturated heterocycles. The number of aliphatic carboxylic acids is 1. The molecule has 0 spiro atoms. The van der Waals surface area contributed by atoms with E-state index >= 15 is 0 Å². The van der Waals surface area contributed by atoms with Crippen LogP contribution in [0, 0.1) is 19.6 Å². The Morgan fingerprint density at radius 3 is 2.57 bits per heavy atom. The van der Waals surface area contributed by atoms with Crippen LogP contribution in [0.3, 0.4) is 0 Å². The molecule has 0 fully saturated rings. The van der Waals surface area contributed by atoms with Crippen molar-refractivity contribution >= 4 is 40.2 Å². The zero-order valence-corrected chi connectivity index (χ0v) is 13.7. The zero-order valence-electron chi connectivity index (χ0n) is 11.5. The molecule has 0 saturated carbocycles. The minimum absolute atomic E-state index is 0.0966. The molecule has 0 heterocycles. The molecular formula is C13H15IN2O5.